The molecule has 0 saturated carbocycles. The summed E-state index contributed by atoms with van der Waals surface area (Å²) in [6, 6.07) is 3.10. The summed E-state index contributed by atoms with van der Waals surface area (Å²) in [7, 11) is 0. The van der Waals surface area contributed by atoms with Gasteiger partial charge in [-0.2, -0.15) is 0 Å². The van der Waals surface area contributed by atoms with Crippen molar-refractivity contribution in [3.63, 3.8) is 0 Å². The zero-order valence-corrected chi connectivity index (χ0v) is 13.0. The Hall–Kier alpha value is -1.01. The first-order valence-electron chi connectivity index (χ1n) is 6.80. The van der Waals surface area contributed by atoms with Gasteiger partial charge in [0.15, 0.2) is 0 Å². The van der Waals surface area contributed by atoms with Gasteiger partial charge in [0.2, 0.25) is 5.91 Å². The van der Waals surface area contributed by atoms with Gasteiger partial charge in [-0.15, -0.1) is 0 Å². The molecule has 1 saturated heterocycles. The Kier molecular flexibility index (Phi) is 6.11. The second-order valence-corrected chi connectivity index (χ2v) is 5.68. The van der Waals surface area contributed by atoms with Gasteiger partial charge in [-0.25, -0.2) is 0 Å². The van der Waals surface area contributed by atoms with Crippen molar-refractivity contribution in [3.05, 3.63) is 22.2 Å². The summed E-state index contributed by atoms with van der Waals surface area (Å²) in [5, 5.41) is 3.35. The fourth-order valence-corrected chi connectivity index (χ4v) is 2.64. The Bertz CT molecular complexity index is 482. The van der Waals surface area contributed by atoms with E-state index in [0.29, 0.717) is 47.5 Å². The van der Waals surface area contributed by atoms with Crippen molar-refractivity contribution < 1.29 is 14.3 Å². The van der Waals surface area contributed by atoms with Crippen LogP contribution in [0.25, 0.3) is 0 Å². The molecule has 1 amide bonds. The van der Waals surface area contributed by atoms with E-state index in [1.54, 1.807) is 12.1 Å². The highest BCUT2D eigenvalue weighted by Crippen LogP contribution is 2.32. The number of amides is 1. The molecule has 1 unspecified atom stereocenters. The fraction of sp³-hybridized carbons (Fsp3) is 0.500. The predicted molar refractivity (Wildman–Crippen MR) is 83.9 cm³/mol. The summed E-state index contributed by atoms with van der Waals surface area (Å²) in [5.74, 6) is -0.158. The first-order valence-corrected chi connectivity index (χ1v) is 7.55. The largest absolute Gasteiger partial charge is 0.399 e. The molecular formula is C14H18Cl2N2O3. The van der Waals surface area contributed by atoms with Crippen molar-refractivity contribution in [2.24, 2.45) is 0 Å². The van der Waals surface area contributed by atoms with E-state index in [0.717, 1.165) is 13.0 Å². The molecule has 3 N–H and O–H groups in total. The second kappa shape index (κ2) is 7.84. The lowest BCUT2D eigenvalue weighted by molar-refractivity contribution is -0.116. The van der Waals surface area contributed by atoms with E-state index in [9.17, 15) is 4.79 Å². The fourth-order valence-electron chi connectivity index (χ4n) is 2.04. The van der Waals surface area contributed by atoms with Gasteiger partial charge >= 0.3 is 0 Å². The molecule has 0 radical (unpaired) electrons. The molecule has 1 aliphatic heterocycles. The van der Waals surface area contributed by atoms with Crippen LogP contribution in [0.3, 0.4) is 0 Å². The zero-order valence-electron chi connectivity index (χ0n) is 11.5. The third kappa shape index (κ3) is 5.04. The van der Waals surface area contributed by atoms with Crippen molar-refractivity contribution in [2.45, 2.75) is 25.4 Å². The third-order valence-corrected chi connectivity index (χ3v) is 3.71. The van der Waals surface area contributed by atoms with Gasteiger partial charge in [0.25, 0.3) is 0 Å². The van der Waals surface area contributed by atoms with E-state index < -0.39 is 0 Å². The summed E-state index contributed by atoms with van der Waals surface area (Å²) >= 11 is 12.0. The molecule has 1 atom stereocenters. The Balaban J connectivity index is 1.74. The summed E-state index contributed by atoms with van der Waals surface area (Å²) in [4.78, 5) is 11.9. The molecule has 2 rings (SSSR count). The van der Waals surface area contributed by atoms with E-state index in [2.05, 4.69) is 5.32 Å². The number of nitrogen functional groups attached to an aromatic ring is 1. The van der Waals surface area contributed by atoms with Crippen LogP contribution in [0.5, 0.6) is 0 Å². The Morgan fingerprint density at radius 3 is 2.76 bits per heavy atom. The number of carbonyl (C=O) groups is 1. The highest BCUT2D eigenvalue weighted by Gasteiger charge is 2.16. The maximum absolute atomic E-state index is 11.9. The van der Waals surface area contributed by atoms with Crippen LogP contribution >= 0.6 is 23.2 Å². The Labute approximate surface area is 133 Å². The lowest BCUT2D eigenvalue weighted by Gasteiger charge is -2.11. The smallest absolute Gasteiger partial charge is 0.224 e. The van der Waals surface area contributed by atoms with E-state index >= 15 is 0 Å². The molecule has 1 fully saturated rings. The molecule has 1 aromatic rings. The number of hydrogen-bond acceptors (Lipinski definition) is 4. The molecule has 5 nitrogen and oxygen atoms in total. The van der Waals surface area contributed by atoms with Crippen molar-refractivity contribution in [3.8, 4) is 0 Å². The van der Waals surface area contributed by atoms with E-state index in [1.165, 1.54) is 0 Å². The highest BCUT2D eigenvalue weighted by atomic mass is 35.5. The number of anilines is 2. The Morgan fingerprint density at radius 1 is 1.43 bits per heavy atom. The van der Waals surface area contributed by atoms with Crippen molar-refractivity contribution in [1.82, 2.24) is 0 Å². The van der Waals surface area contributed by atoms with Crippen LogP contribution in [-0.2, 0) is 14.3 Å². The van der Waals surface area contributed by atoms with Crippen molar-refractivity contribution >= 4 is 40.5 Å². The lowest BCUT2D eigenvalue weighted by atomic mass is 10.2. The van der Waals surface area contributed by atoms with Crippen molar-refractivity contribution in [2.75, 3.05) is 30.9 Å². The first-order chi connectivity index (χ1) is 10.1. The number of ether oxygens (including phenoxy) is 2. The number of benzene rings is 1. The minimum absolute atomic E-state index is 0.158. The topological polar surface area (TPSA) is 73.6 Å². The van der Waals surface area contributed by atoms with Gasteiger partial charge in [-0.1, -0.05) is 23.2 Å². The third-order valence-electron chi connectivity index (χ3n) is 3.12. The molecule has 0 aliphatic carbocycles. The van der Waals surface area contributed by atoms with Gasteiger partial charge in [0.1, 0.15) is 0 Å². The first kappa shape index (κ1) is 16.4. The van der Waals surface area contributed by atoms with Gasteiger partial charge in [0.05, 0.1) is 28.4 Å². The SMILES string of the molecule is Nc1cc(Cl)c(NC(=O)CCCOC2CCOC2)c(Cl)c1. The number of carbonyl (C=O) groups excluding carboxylic acids is 1. The maximum Gasteiger partial charge on any atom is 0.224 e. The van der Waals surface area contributed by atoms with Crippen LogP contribution < -0.4 is 11.1 Å². The highest BCUT2D eigenvalue weighted by molar-refractivity contribution is 6.40. The number of hydrogen-bond donors (Lipinski definition) is 2. The second-order valence-electron chi connectivity index (χ2n) is 4.87. The summed E-state index contributed by atoms with van der Waals surface area (Å²) < 4.78 is 10.8. The van der Waals surface area contributed by atoms with Gasteiger partial charge in [0, 0.05) is 25.3 Å². The molecule has 7 heteroatoms. The van der Waals surface area contributed by atoms with E-state index in [1.807, 2.05) is 0 Å². The number of nitrogens with two attached hydrogens (primary N) is 1. The molecule has 1 heterocycles. The minimum atomic E-state index is -0.158. The normalized spacial score (nSPS) is 17.9. The Morgan fingerprint density at radius 2 is 2.14 bits per heavy atom. The van der Waals surface area contributed by atoms with E-state index in [-0.39, 0.29) is 12.0 Å². The molecule has 21 heavy (non-hydrogen) atoms. The summed E-state index contributed by atoms with van der Waals surface area (Å²) in [6.45, 7) is 1.92. The minimum Gasteiger partial charge on any atom is -0.399 e. The standard InChI is InChI=1S/C14H18Cl2N2O3/c15-11-6-9(17)7-12(16)14(11)18-13(19)2-1-4-21-10-3-5-20-8-10/h6-7,10H,1-5,8,17H2,(H,18,19). The summed E-state index contributed by atoms with van der Waals surface area (Å²) in [5.41, 5.74) is 6.45. The van der Waals surface area contributed by atoms with Crippen LogP contribution in [0.1, 0.15) is 19.3 Å². The average Bonchev–Trinajstić information content (AvgIpc) is 2.92. The molecular weight excluding hydrogens is 315 g/mol. The quantitative estimate of drug-likeness (QED) is 0.620. The van der Waals surface area contributed by atoms with Gasteiger partial charge < -0.3 is 20.5 Å². The maximum atomic E-state index is 11.9. The molecule has 1 aromatic carbocycles. The molecule has 0 spiro atoms. The number of rotatable bonds is 6. The van der Waals surface area contributed by atoms with Crippen LogP contribution in [0, 0.1) is 0 Å². The molecule has 0 aromatic heterocycles. The van der Waals surface area contributed by atoms with Gasteiger partial charge in [-0.05, 0) is 25.0 Å². The van der Waals surface area contributed by atoms with Gasteiger partial charge in [-0.3, -0.25) is 4.79 Å². The van der Waals surface area contributed by atoms with Crippen LogP contribution in [-0.4, -0.2) is 31.8 Å². The molecule has 1 aliphatic rings. The van der Waals surface area contributed by atoms with E-state index in [4.69, 9.17) is 38.4 Å². The number of nitrogens with one attached hydrogen (secondary N) is 1. The van der Waals surface area contributed by atoms with Crippen molar-refractivity contribution in [1.29, 1.82) is 0 Å². The summed E-state index contributed by atoms with van der Waals surface area (Å²) in [6.07, 6.45) is 2.05. The van der Waals surface area contributed by atoms with Crippen LogP contribution in [0.2, 0.25) is 10.0 Å². The predicted octanol–water partition coefficient (Wildman–Crippen LogP) is 3.10. The molecule has 0 bridgehead atoms. The van der Waals surface area contributed by atoms with Crippen LogP contribution in [0.15, 0.2) is 12.1 Å². The average molecular weight is 333 g/mol. The monoisotopic (exact) mass is 332 g/mol. The van der Waals surface area contributed by atoms with Crippen LogP contribution in [0.4, 0.5) is 11.4 Å². The molecule has 116 valence electrons. The lowest BCUT2D eigenvalue weighted by Crippen LogP contribution is -2.16. The zero-order chi connectivity index (χ0) is 15.2. The number of halogens is 2.